The van der Waals surface area contributed by atoms with Gasteiger partial charge in [0.2, 0.25) is 5.91 Å². The van der Waals surface area contributed by atoms with Crippen molar-refractivity contribution in [3.63, 3.8) is 0 Å². The predicted octanol–water partition coefficient (Wildman–Crippen LogP) is 3.22. The van der Waals surface area contributed by atoms with Crippen LogP contribution in [0.5, 0.6) is 0 Å². The van der Waals surface area contributed by atoms with Gasteiger partial charge in [0.1, 0.15) is 4.33 Å². The average Bonchev–Trinajstić information content (AvgIpc) is 2.91. The Hall–Kier alpha value is -1.26. The first kappa shape index (κ1) is 16.1. The number of hydrogen-bond acceptors (Lipinski definition) is 2. The van der Waals surface area contributed by atoms with Crippen LogP contribution < -0.4 is 5.32 Å². The minimum absolute atomic E-state index is 0.118. The molecule has 1 fully saturated rings. The van der Waals surface area contributed by atoms with Crippen molar-refractivity contribution in [3.05, 3.63) is 29.3 Å². The van der Waals surface area contributed by atoms with Crippen molar-refractivity contribution < 1.29 is 9.59 Å². The third-order valence-corrected chi connectivity index (χ3v) is 5.00. The largest absolute Gasteiger partial charge is 0.345 e. The third kappa shape index (κ3) is 2.87. The highest BCUT2D eigenvalue weighted by atomic mass is 35.5. The lowest BCUT2D eigenvalue weighted by Gasteiger charge is -2.16. The van der Waals surface area contributed by atoms with Gasteiger partial charge in [-0.15, -0.1) is 23.2 Å². The summed E-state index contributed by atoms with van der Waals surface area (Å²) in [6, 6.07) is 5.21. The van der Waals surface area contributed by atoms with E-state index >= 15 is 0 Å². The lowest BCUT2D eigenvalue weighted by molar-refractivity contribution is -0.120. The predicted molar refractivity (Wildman–Crippen MR) is 85.0 cm³/mol. The van der Waals surface area contributed by atoms with Gasteiger partial charge in [0, 0.05) is 25.3 Å². The van der Waals surface area contributed by atoms with Crippen molar-refractivity contribution >= 4 is 40.7 Å². The molecule has 114 valence electrons. The molecule has 0 radical (unpaired) electrons. The molecular weight excluding hydrogens is 311 g/mol. The summed E-state index contributed by atoms with van der Waals surface area (Å²) in [6.45, 7) is 3.59. The van der Waals surface area contributed by atoms with E-state index in [1.807, 2.05) is 6.92 Å². The number of aryl methyl sites for hydroxylation is 1. The number of halogens is 2. The van der Waals surface area contributed by atoms with Gasteiger partial charge >= 0.3 is 0 Å². The second-order valence-electron chi connectivity index (χ2n) is 5.90. The summed E-state index contributed by atoms with van der Waals surface area (Å²) >= 11 is 12.0. The number of nitrogens with zero attached hydrogens (tertiary/aromatic N) is 1. The van der Waals surface area contributed by atoms with Gasteiger partial charge in [-0.1, -0.05) is 6.07 Å². The third-order valence-electron chi connectivity index (χ3n) is 3.90. The normalized spacial score (nSPS) is 22.6. The zero-order chi connectivity index (χ0) is 16.0. The number of amides is 2. The molecule has 1 aromatic rings. The highest BCUT2D eigenvalue weighted by molar-refractivity contribution is 6.53. The molecule has 0 heterocycles. The quantitative estimate of drug-likeness (QED) is 0.866. The number of hydrogen-bond donors (Lipinski definition) is 1. The Bertz CT molecular complexity index is 614. The summed E-state index contributed by atoms with van der Waals surface area (Å²) < 4.78 is -1.01. The van der Waals surface area contributed by atoms with E-state index < -0.39 is 9.75 Å². The van der Waals surface area contributed by atoms with E-state index in [9.17, 15) is 9.59 Å². The Morgan fingerprint density at radius 3 is 2.33 bits per heavy atom. The monoisotopic (exact) mass is 328 g/mol. The van der Waals surface area contributed by atoms with Crippen LogP contribution in [0.25, 0.3) is 0 Å². The van der Waals surface area contributed by atoms with Crippen molar-refractivity contribution in [1.29, 1.82) is 0 Å². The topological polar surface area (TPSA) is 49.4 Å². The Labute approximate surface area is 134 Å². The molecule has 21 heavy (non-hydrogen) atoms. The van der Waals surface area contributed by atoms with Gasteiger partial charge in [-0.25, -0.2) is 0 Å². The van der Waals surface area contributed by atoms with Crippen molar-refractivity contribution in [2.75, 3.05) is 19.4 Å². The fourth-order valence-corrected chi connectivity index (χ4v) is 2.76. The molecule has 1 unspecified atom stereocenters. The van der Waals surface area contributed by atoms with Crippen molar-refractivity contribution in [2.45, 2.75) is 24.6 Å². The maximum absolute atomic E-state index is 12.3. The van der Waals surface area contributed by atoms with Gasteiger partial charge in [0.15, 0.2) is 0 Å². The Morgan fingerprint density at radius 2 is 1.86 bits per heavy atom. The van der Waals surface area contributed by atoms with Crippen LogP contribution in [-0.2, 0) is 4.79 Å². The maximum Gasteiger partial charge on any atom is 0.253 e. The summed E-state index contributed by atoms with van der Waals surface area (Å²) in [6.07, 6.45) is 0.421. The Kier molecular flexibility index (Phi) is 3.98. The molecule has 1 aromatic carbocycles. The number of anilines is 1. The van der Waals surface area contributed by atoms with Crippen LogP contribution in [0.4, 0.5) is 5.69 Å². The molecule has 1 atom stereocenters. The summed E-state index contributed by atoms with van der Waals surface area (Å²) in [5.41, 5.74) is 1.21. The Morgan fingerprint density at radius 1 is 1.29 bits per heavy atom. The van der Waals surface area contributed by atoms with Gasteiger partial charge < -0.3 is 10.2 Å². The molecule has 0 spiro atoms. The first-order chi connectivity index (χ1) is 9.58. The van der Waals surface area contributed by atoms with Gasteiger partial charge in [-0.05, 0) is 38.0 Å². The fraction of sp³-hybridized carbons (Fsp3) is 0.467. The first-order valence-corrected chi connectivity index (χ1v) is 7.36. The van der Waals surface area contributed by atoms with Crippen LogP contribution in [0, 0.1) is 12.3 Å². The van der Waals surface area contributed by atoms with Crippen LogP contribution in [0.2, 0.25) is 0 Å². The summed E-state index contributed by atoms with van der Waals surface area (Å²) in [5.74, 6) is -0.350. The van der Waals surface area contributed by atoms with Crippen LogP contribution in [0.3, 0.4) is 0 Å². The number of carbonyl (C=O) groups is 2. The SMILES string of the molecule is Cc1ccc(C(=O)N(C)C)cc1NC(=O)C1(C)CC1(Cl)Cl. The van der Waals surface area contributed by atoms with Gasteiger partial charge in [0.05, 0.1) is 5.41 Å². The first-order valence-electron chi connectivity index (χ1n) is 6.60. The minimum atomic E-state index is -1.01. The fourth-order valence-electron chi connectivity index (χ4n) is 2.05. The standard InChI is InChI=1S/C15H18Cl2N2O2/c1-9-5-6-10(12(20)19(3)4)7-11(9)18-13(21)14(2)8-15(14,16)17/h5-7H,8H2,1-4H3,(H,18,21). The smallest absolute Gasteiger partial charge is 0.253 e. The van der Waals surface area contributed by atoms with Crippen molar-refractivity contribution in [2.24, 2.45) is 5.41 Å². The van der Waals surface area contributed by atoms with E-state index in [1.165, 1.54) is 4.90 Å². The molecule has 1 aliphatic rings. The molecule has 0 aromatic heterocycles. The van der Waals surface area contributed by atoms with Crippen molar-refractivity contribution in [3.8, 4) is 0 Å². The molecule has 6 heteroatoms. The van der Waals surface area contributed by atoms with Crippen LogP contribution in [0.1, 0.15) is 29.3 Å². The van der Waals surface area contributed by atoms with E-state index in [0.29, 0.717) is 17.7 Å². The highest BCUT2D eigenvalue weighted by Gasteiger charge is 2.67. The molecule has 0 aliphatic heterocycles. The summed E-state index contributed by atoms with van der Waals surface area (Å²) in [5, 5.41) is 2.82. The summed E-state index contributed by atoms with van der Waals surface area (Å²) in [7, 11) is 3.36. The zero-order valence-electron chi connectivity index (χ0n) is 12.5. The molecular formula is C15H18Cl2N2O2. The number of benzene rings is 1. The molecule has 1 saturated carbocycles. The van der Waals surface area contributed by atoms with Gasteiger partial charge in [-0.3, -0.25) is 9.59 Å². The van der Waals surface area contributed by atoms with Crippen LogP contribution >= 0.6 is 23.2 Å². The van der Waals surface area contributed by atoms with Crippen LogP contribution in [-0.4, -0.2) is 35.1 Å². The highest BCUT2D eigenvalue weighted by Crippen LogP contribution is 2.64. The molecule has 0 saturated heterocycles. The zero-order valence-corrected chi connectivity index (χ0v) is 14.0. The van der Waals surface area contributed by atoms with Gasteiger partial charge in [-0.2, -0.15) is 0 Å². The van der Waals surface area contributed by atoms with Crippen molar-refractivity contribution in [1.82, 2.24) is 4.90 Å². The second kappa shape index (κ2) is 5.18. The number of rotatable bonds is 3. The van der Waals surface area contributed by atoms with Gasteiger partial charge in [0.25, 0.3) is 5.91 Å². The minimum Gasteiger partial charge on any atom is -0.345 e. The number of nitrogens with one attached hydrogen (secondary N) is 1. The Balaban J connectivity index is 2.23. The molecule has 2 amide bonds. The molecule has 1 aliphatic carbocycles. The number of alkyl halides is 2. The van der Waals surface area contributed by atoms with E-state index in [0.717, 1.165) is 5.56 Å². The molecule has 1 N–H and O–H groups in total. The second-order valence-corrected chi connectivity index (χ2v) is 7.38. The van der Waals surface area contributed by atoms with Crippen LogP contribution in [0.15, 0.2) is 18.2 Å². The maximum atomic E-state index is 12.3. The molecule has 2 rings (SSSR count). The average molecular weight is 329 g/mol. The van der Waals surface area contributed by atoms with E-state index in [-0.39, 0.29) is 11.8 Å². The van der Waals surface area contributed by atoms with E-state index in [4.69, 9.17) is 23.2 Å². The van der Waals surface area contributed by atoms with E-state index in [2.05, 4.69) is 5.32 Å². The number of carbonyl (C=O) groups excluding carboxylic acids is 2. The molecule has 0 bridgehead atoms. The molecule has 4 nitrogen and oxygen atoms in total. The lowest BCUT2D eigenvalue weighted by atomic mass is 10.1. The lowest BCUT2D eigenvalue weighted by Crippen LogP contribution is -2.27. The summed E-state index contributed by atoms with van der Waals surface area (Å²) in [4.78, 5) is 25.8. The van der Waals surface area contributed by atoms with E-state index in [1.54, 1.807) is 39.2 Å².